The molecule has 1 saturated heterocycles. The second-order valence-corrected chi connectivity index (χ2v) is 6.09. The van der Waals surface area contributed by atoms with E-state index in [0.29, 0.717) is 11.6 Å². The number of carbonyl (C=O) groups is 1. The third kappa shape index (κ3) is 2.92. The van der Waals surface area contributed by atoms with Gasteiger partial charge < -0.3 is 10.2 Å². The molecule has 1 aromatic rings. The number of rotatable bonds is 3. The van der Waals surface area contributed by atoms with Gasteiger partial charge in [-0.2, -0.15) is 0 Å². The summed E-state index contributed by atoms with van der Waals surface area (Å²) in [6.07, 6.45) is 6.23. The number of hydrogen-bond acceptors (Lipinski definition) is 4. The molecule has 0 bridgehead atoms. The van der Waals surface area contributed by atoms with Gasteiger partial charge in [0.2, 0.25) is 5.95 Å². The molecule has 0 atom stereocenters. The molecule has 0 spiro atoms. The minimum absolute atomic E-state index is 0.0381. The highest BCUT2D eigenvalue weighted by Gasteiger charge is 2.25. The maximum atomic E-state index is 12.0. The Morgan fingerprint density at radius 1 is 1.30 bits per heavy atom. The molecular weight excluding hydrogens is 252 g/mol. The van der Waals surface area contributed by atoms with E-state index in [2.05, 4.69) is 27.1 Å². The van der Waals surface area contributed by atoms with Gasteiger partial charge in [0.15, 0.2) is 0 Å². The molecule has 2 fully saturated rings. The van der Waals surface area contributed by atoms with Crippen LogP contribution in [-0.4, -0.2) is 35.0 Å². The highest BCUT2D eigenvalue weighted by molar-refractivity contribution is 5.95. The van der Waals surface area contributed by atoms with Gasteiger partial charge in [-0.3, -0.25) is 4.79 Å². The molecule has 1 amide bonds. The van der Waals surface area contributed by atoms with Gasteiger partial charge in [0.1, 0.15) is 0 Å². The molecule has 1 saturated carbocycles. The minimum atomic E-state index is -0.0381. The normalized spacial score (nSPS) is 20.0. The van der Waals surface area contributed by atoms with E-state index in [-0.39, 0.29) is 5.91 Å². The highest BCUT2D eigenvalue weighted by atomic mass is 16.1. The van der Waals surface area contributed by atoms with Gasteiger partial charge in [-0.1, -0.05) is 6.92 Å². The first-order valence-electron chi connectivity index (χ1n) is 7.53. The maximum absolute atomic E-state index is 12.0. The van der Waals surface area contributed by atoms with Crippen LogP contribution in [0.15, 0.2) is 6.20 Å². The van der Waals surface area contributed by atoms with E-state index in [0.717, 1.165) is 43.5 Å². The number of piperidine rings is 1. The third-order valence-electron chi connectivity index (χ3n) is 4.19. The molecule has 2 aliphatic rings. The molecule has 0 aromatic carbocycles. The number of amides is 1. The van der Waals surface area contributed by atoms with E-state index >= 15 is 0 Å². The molecule has 5 nitrogen and oxygen atoms in total. The smallest absolute Gasteiger partial charge is 0.254 e. The molecule has 1 N–H and O–H groups in total. The largest absolute Gasteiger partial charge is 0.349 e. The Labute approximate surface area is 119 Å². The lowest BCUT2D eigenvalue weighted by Gasteiger charge is -2.30. The van der Waals surface area contributed by atoms with Crippen LogP contribution in [0, 0.1) is 12.8 Å². The van der Waals surface area contributed by atoms with Crippen molar-refractivity contribution in [3.05, 3.63) is 17.5 Å². The number of anilines is 1. The van der Waals surface area contributed by atoms with Gasteiger partial charge in [0.25, 0.3) is 5.91 Å². The van der Waals surface area contributed by atoms with Crippen LogP contribution in [0.4, 0.5) is 5.95 Å². The van der Waals surface area contributed by atoms with Crippen LogP contribution in [0.1, 0.15) is 48.7 Å². The summed E-state index contributed by atoms with van der Waals surface area (Å²) in [4.78, 5) is 23.2. The highest BCUT2D eigenvalue weighted by Crippen LogP contribution is 2.22. The lowest BCUT2D eigenvalue weighted by Crippen LogP contribution is -2.34. The van der Waals surface area contributed by atoms with Crippen molar-refractivity contribution < 1.29 is 4.79 Å². The molecule has 108 valence electrons. The summed E-state index contributed by atoms with van der Waals surface area (Å²) in [7, 11) is 0. The maximum Gasteiger partial charge on any atom is 0.254 e. The summed E-state index contributed by atoms with van der Waals surface area (Å²) in [5.74, 6) is 1.51. The van der Waals surface area contributed by atoms with E-state index in [9.17, 15) is 4.79 Å². The Balaban J connectivity index is 1.71. The van der Waals surface area contributed by atoms with Crippen LogP contribution in [0.2, 0.25) is 0 Å². The Morgan fingerprint density at radius 3 is 2.60 bits per heavy atom. The van der Waals surface area contributed by atoms with Crippen molar-refractivity contribution in [3.8, 4) is 0 Å². The Morgan fingerprint density at radius 2 is 2.00 bits per heavy atom. The summed E-state index contributed by atoms with van der Waals surface area (Å²) in [6, 6.07) is 0.366. The number of aromatic nitrogens is 2. The first-order valence-corrected chi connectivity index (χ1v) is 7.53. The summed E-state index contributed by atoms with van der Waals surface area (Å²) in [6.45, 7) is 6.19. The second-order valence-electron chi connectivity index (χ2n) is 6.09. The fraction of sp³-hybridized carbons (Fsp3) is 0.667. The van der Waals surface area contributed by atoms with Crippen LogP contribution in [0.25, 0.3) is 0 Å². The Bertz CT molecular complexity index is 505. The Hall–Kier alpha value is -1.65. The van der Waals surface area contributed by atoms with E-state index in [1.807, 2.05) is 6.92 Å². The van der Waals surface area contributed by atoms with E-state index < -0.39 is 0 Å². The topological polar surface area (TPSA) is 58.1 Å². The van der Waals surface area contributed by atoms with E-state index in [4.69, 9.17) is 0 Å². The summed E-state index contributed by atoms with van der Waals surface area (Å²) in [5, 5.41) is 2.98. The zero-order valence-corrected chi connectivity index (χ0v) is 12.2. The van der Waals surface area contributed by atoms with Gasteiger partial charge >= 0.3 is 0 Å². The molecule has 2 heterocycles. The van der Waals surface area contributed by atoms with E-state index in [1.165, 1.54) is 12.8 Å². The van der Waals surface area contributed by atoms with Crippen molar-refractivity contribution in [2.45, 2.75) is 45.6 Å². The molecular formula is C15H22N4O. The first-order chi connectivity index (χ1) is 9.63. The number of hydrogen-bond donors (Lipinski definition) is 1. The monoisotopic (exact) mass is 274 g/mol. The number of carbonyl (C=O) groups excluding carboxylic acids is 1. The van der Waals surface area contributed by atoms with Crippen molar-refractivity contribution >= 4 is 11.9 Å². The third-order valence-corrected chi connectivity index (χ3v) is 4.19. The Kier molecular flexibility index (Phi) is 3.59. The molecule has 5 heteroatoms. The first kappa shape index (κ1) is 13.3. The van der Waals surface area contributed by atoms with Crippen LogP contribution in [0.5, 0.6) is 0 Å². The van der Waals surface area contributed by atoms with Crippen LogP contribution in [-0.2, 0) is 0 Å². The molecule has 20 heavy (non-hydrogen) atoms. The molecule has 0 unspecified atom stereocenters. The van der Waals surface area contributed by atoms with Crippen molar-refractivity contribution in [2.24, 2.45) is 5.92 Å². The average molecular weight is 274 g/mol. The van der Waals surface area contributed by atoms with Crippen molar-refractivity contribution in [1.82, 2.24) is 15.3 Å². The van der Waals surface area contributed by atoms with Gasteiger partial charge in [-0.15, -0.1) is 0 Å². The van der Waals surface area contributed by atoms with Crippen molar-refractivity contribution in [2.75, 3.05) is 18.0 Å². The molecule has 1 aromatic heterocycles. The molecule has 3 rings (SSSR count). The lowest BCUT2D eigenvalue weighted by atomic mass is 10.00. The molecule has 1 aliphatic carbocycles. The average Bonchev–Trinajstić information content (AvgIpc) is 3.23. The van der Waals surface area contributed by atoms with Crippen molar-refractivity contribution in [3.63, 3.8) is 0 Å². The predicted molar refractivity (Wildman–Crippen MR) is 77.9 cm³/mol. The van der Waals surface area contributed by atoms with Gasteiger partial charge in [0.05, 0.1) is 11.3 Å². The molecule has 1 aliphatic heterocycles. The van der Waals surface area contributed by atoms with Gasteiger partial charge in [0, 0.05) is 25.3 Å². The van der Waals surface area contributed by atoms with E-state index in [1.54, 1.807) is 6.20 Å². The zero-order chi connectivity index (χ0) is 14.1. The van der Waals surface area contributed by atoms with Crippen LogP contribution in [0.3, 0.4) is 0 Å². The zero-order valence-electron chi connectivity index (χ0n) is 12.2. The summed E-state index contributed by atoms with van der Waals surface area (Å²) >= 11 is 0. The quantitative estimate of drug-likeness (QED) is 0.914. The fourth-order valence-electron chi connectivity index (χ4n) is 2.53. The number of nitrogens with one attached hydrogen (secondary N) is 1. The summed E-state index contributed by atoms with van der Waals surface area (Å²) < 4.78 is 0. The van der Waals surface area contributed by atoms with Crippen molar-refractivity contribution in [1.29, 1.82) is 0 Å². The number of nitrogens with zero attached hydrogens (tertiary/aromatic N) is 3. The summed E-state index contributed by atoms with van der Waals surface area (Å²) in [5.41, 5.74) is 1.37. The van der Waals surface area contributed by atoms with Crippen LogP contribution >= 0.6 is 0 Å². The standard InChI is InChI=1S/C15H22N4O/c1-10-5-7-19(8-6-10)15-16-9-13(11(2)17-15)14(20)18-12-3-4-12/h9-10,12H,3-8H2,1-2H3,(H,18,20). The lowest BCUT2D eigenvalue weighted by molar-refractivity contribution is 0.0949. The molecule has 0 radical (unpaired) electrons. The fourth-order valence-corrected chi connectivity index (χ4v) is 2.53. The predicted octanol–water partition coefficient (Wildman–Crippen LogP) is 1.91. The van der Waals surface area contributed by atoms with Crippen LogP contribution < -0.4 is 10.2 Å². The SMILES string of the molecule is Cc1nc(N2CCC(C)CC2)ncc1C(=O)NC1CC1. The number of aryl methyl sites for hydroxylation is 1. The van der Waals surface area contributed by atoms with Gasteiger partial charge in [-0.05, 0) is 38.5 Å². The minimum Gasteiger partial charge on any atom is -0.349 e. The second kappa shape index (κ2) is 5.38. The van der Waals surface area contributed by atoms with Gasteiger partial charge in [-0.25, -0.2) is 9.97 Å².